The molecule has 0 aliphatic carbocycles. The van der Waals surface area contributed by atoms with Crippen LogP contribution in [0.2, 0.25) is 0 Å². The van der Waals surface area contributed by atoms with E-state index in [0.717, 1.165) is 4.57 Å². The number of rotatable bonds is 4. The van der Waals surface area contributed by atoms with E-state index in [0.29, 0.717) is 17.1 Å². The van der Waals surface area contributed by atoms with E-state index < -0.39 is 11.4 Å². The normalized spacial score (nSPS) is 12.3. The number of hydrogen-bond donors (Lipinski definition) is 1. The summed E-state index contributed by atoms with van der Waals surface area (Å²) in [5.41, 5.74) is 0.0999. The molecule has 0 amide bonds. The maximum Gasteiger partial charge on any atom is 0.271 e. The number of carbonyl (C=O) groups is 1. The first-order valence-corrected chi connectivity index (χ1v) is 8.14. The number of carbonyl (C=O) groups excluding carboxylic acids is 1. The van der Waals surface area contributed by atoms with E-state index in [-0.39, 0.29) is 41.7 Å². The summed E-state index contributed by atoms with van der Waals surface area (Å²) in [5, 5.41) is 20.0. The maximum absolute atomic E-state index is 12.6. The monoisotopic (exact) mass is 354 g/mol. The highest BCUT2D eigenvalue weighted by Gasteiger charge is 2.25. The highest BCUT2D eigenvalue weighted by Crippen LogP contribution is 2.33. The van der Waals surface area contributed by atoms with Gasteiger partial charge in [-0.25, -0.2) is 0 Å². The molecule has 1 aromatic heterocycles. The first-order valence-electron chi connectivity index (χ1n) is 8.14. The van der Waals surface area contributed by atoms with Gasteiger partial charge in [0.15, 0.2) is 17.3 Å². The molecule has 2 heterocycles. The van der Waals surface area contributed by atoms with E-state index >= 15 is 0 Å². The molecule has 7 heteroatoms. The van der Waals surface area contributed by atoms with Crippen molar-refractivity contribution >= 4 is 5.78 Å². The van der Waals surface area contributed by atoms with Crippen LogP contribution in [0.3, 0.4) is 0 Å². The van der Waals surface area contributed by atoms with Crippen LogP contribution in [0.25, 0.3) is 0 Å². The number of fused-ring (bicyclic) bond motifs is 1. The van der Waals surface area contributed by atoms with Crippen LogP contribution in [-0.2, 0) is 6.54 Å². The summed E-state index contributed by atoms with van der Waals surface area (Å²) in [7, 11) is 0. The summed E-state index contributed by atoms with van der Waals surface area (Å²) in [6, 6.07) is 6.99. The average molecular weight is 354 g/mol. The van der Waals surface area contributed by atoms with Gasteiger partial charge in [-0.2, -0.15) is 5.26 Å². The molecule has 3 rings (SSSR count). The van der Waals surface area contributed by atoms with Gasteiger partial charge in [0, 0.05) is 5.92 Å². The molecule has 1 aliphatic heterocycles. The number of aromatic hydroxyl groups is 1. The van der Waals surface area contributed by atoms with Gasteiger partial charge in [0.25, 0.3) is 5.56 Å². The van der Waals surface area contributed by atoms with Gasteiger partial charge in [0.2, 0.25) is 12.7 Å². The number of benzene rings is 1. The molecular weight excluding hydrogens is 336 g/mol. The van der Waals surface area contributed by atoms with Gasteiger partial charge in [0.1, 0.15) is 11.6 Å². The second-order valence-corrected chi connectivity index (χ2v) is 6.41. The van der Waals surface area contributed by atoms with Crippen LogP contribution in [0.5, 0.6) is 17.4 Å². The average Bonchev–Trinajstić information content (AvgIpc) is 3.06. The summed E-state index contributed by atoms with van der Waals surface area (Å²) in [5.74, 6) is 0.00481. The molecular formula is C19H18N2O5. The van der Waals surface area contributed by atoms with Gasteiger partial charge in [-0.1, -0.05) is 19.9 Å². The Labute approximate surface area is 150 Å². The van der Waals surface area contributed by atoms with E-state index in [1.54, 1.807) is 32.0 Å². The number of Topliss-reactive ketones (excluding diaryl/α,β-unsaturated/α-hetero) is 1. The van der Waals surface area contributed by atoms with Gasteiger partial charge in [-0.3, -0.25) is 14.2 Å². The third-order valence-corrected chi connectivity index (χ3v) is 4.35. The first kappa shape index (κ1) is 17.5. The summed E-state index contributed by atoms with van der Waals surface area (Å²) < 4.78 is 11.6. The number of ether oxygens (including phenoxy) is 2. The molecule has 0 atom stereocenters. The lowest BCUT2D eigenvalue weighted by Gasteiger charge is -2.16. The molecule has 1 N–H and O–H groups in total. The van der Waals surface area contributed by atoms with Crippen molar-refractivity contribution in [3.63, 3.8) is 0 Å². The van der Waals surface area contributed by atoms with Crippen molar-refractivity contribution in [1.82, 2.24) is 4.57 Å². The van der Waals surface area contributed by atoms with E-state index in [2.05, 4.69) is 0 Å². The second kappa shape index (κ2) is 6.56. The summed E-state index contributed by atoms with van der Waals surface area (Å²) in [6.45, 7) is 5.01. The Balaban J connectivity index is 2.15. The molecule has 0 radical (unpaired) electrons. The summed E-state index contributed by atoms with van der Waals surface area (Å²) in [4.78, 5) is 25.1. The minimum absolute atomic E-state index is 0.00532. The highest BCUT2D eigenvalue weighted by atomic mass is 16.7. The Morgan fingerprint density at radius 1 is 1.35 bits per heavy atom. The Hall–Kier alpha value is -3.27. The van der Waals surface area contributed by atoms with E-state index in [4.69, 9.17) is 9.47 Å². The fourth-order valence-corrected chi connectivity index (χ4v) is 2.90. The van der Waals surface area contributed by atoms with Crippen molar-refractivity contribution in [1.29, 1.82) is 5.26 Å². The lowest BCUT2D eigenvalue weighted by atomic mass is 9.95. The van der Waals surface area contributed by atoms with Gasteiger partial charge in [-0.15, -0.1) is 0 Å². The van der Waals surface area contributed by atoms with Crippen molar-refractivity contribution in [3.05, 3.63) is 50.8 Å². The summed E-state index contributed by atoms with van der Waals surface area (Å²) >= 11 is 0. The van der Waals surface area contributed by atoms with Crippen molar-refractivity contribution in [2.75, 3.05) is 6.79 Å². The number of aromatic nitrogens is 1. The van der Waals surface area contributed by atoms with Gasteiger partial charge < -0.3 is 14.6 Å². The largest absolute Gasteiger partial charge is 0.494 e. The number of hydrogen-bond acceptors (Lipinski definition) is 6. The quantitative estimate of drug-likeness (QED) is 0.846. The summed E-state index contributed by atoms with van der Waals surface area (Å²) in [6.07, 6.45) is 0. The van der Waals surface area contributed by atoms with Crippen LogP contribution in [-0.4, -0.2) is 22.2 Å². The van der Waals surface area contributed by atoms with Crippen LogP contribution < -0.4 is 15.0 Å². The molecule has 134 valence electrons. The molecule has 1 aromatic carbocycles. The molecule has 0 spiro atoms. The first-order chi connectivity index (χ1) is 12.3. The van der Waals surface area contributed by atoms with Gasteiger partial charge in [0.05, 0.1) is 12.1 Å². The molecule has 7 nitrogen and oxygen atoms in total. The molecule has 0 fully saturated rings. The third kappa shape index (κ3) is 2.80. The predicted octanol–water partition coefficient (Wildman–Crippen LogP) is 2.35. The topological polar surface area (TPSA) is 102 Å². The smallest absolute Gasteiger partial charge is 0.271 e. The standard InChI is InChI=1S/C19H18N2O5/c1-10(2)17(22)16-11(3)13(7-20)18(23)21(19(16)24)8-12-4-5-14-15(6-12)26-9-25-14/h4-6,10,24H,8-9H2,1-3H3. The van der Waals surface area contributed by atoms with Crippen molar-refractivity contribution in [2.45, 2.75) is 27.3 Å². The van der Waals surface area contributed by atoms with E-state index in [1.807, 2.05) is 6.07 Å². The van der Waals surface area contributed by atoms with E-state index in [9.17, 15) is 20.0 Å². The van der Waals surface area contributed by atoms with Gasteiger partial charge in [-0.05, 0) is 30.2 Å². The van der Waals surface area contributed by atoms with Crippen molar-refractivity contribution < 1.29 is 19.4 Å². The van der Waals surface area contributed by atoms with Crippen LogP contribution in [0.4, 0.5) is 0 Å². The molecule has 2 aromatic rings. The molecule has 1 aliphatic rings. The SMILES string of the molecule is Cc1c(C(=O)C(C)C)c(O)n(Cc2ccc3c(c2)OCO3)c(=O)c1C#N. The Kier molecular flexibility index (Phi) is 4.43. The minimum Gasteiger partial charge on any atom is -0.494 e. The zero-order chi connectivity index (χ0) is 19.0. The van der Waals surface area contributed by atoms with Crippen LogP contribution in [0.1, 0.15) is 40.9 Å². The number of ketones is 1. The van der Waals surface area contributed by atoms with Gasteiger partial charge >= 0.3 is 0 Å². The Bertz CT molecular complexity index is 998. The Morgan fingerprint density at radius 2 is 2.04 bits per heavy atom. The lowest BCUT2D eigenvalue weighted by molar-refractivity contribution is 0.0934. The molecule has 26 heavy (non-hydrogen) atoms. The Morgan fingerprint density at radius 3 is 2.69 bits per heavy atom. The fourth-order valence-electron chi connectivity index (χ4n) is 2.90. The van der Waals surface area contributed by atoms with Crippen LogP contribution in [0, 0.1) is 24.2 Å². The molecule has 0 saturated carbocycles. The van der Waals surface area contributed by atoms with Crippen molar-refractivity contribution in [2.24, 2.45) is 5.92 Å². The molecule has 0 unspecified atom stereocenters. The minimum atomic E-state index is -0.638. The second-order valence-electron chi connectivity index (χ2n) is 6.41. The number of nitrogens with zero attached hydrogens (tertiary/aromatic N) is 2. The van der Waals surface area contributed by atoms with Crippen LogP contribution >= 0.6 is 0 Å². The number of pyridine rings is 1. The molecule has 0 saturated heterocycles. The zero-order valence-electron chi connectivity index (χ0n) is 14.7. The predicted molar refractivity (Wildman–Crippen MR) is 92.7 cm³/mol. The molecule has 0 bridgehead atoms. The van der Waals surface area contributed by atoms with Crippen LogP contribution in [0.15, 0.2) is 23.0 Å². The number of nitriles is 1. The lowest BCUT2D eigenvalue weighted by Crippen LogP contribution is -2.27. The highest BCUT2D eigenvalue weighted by molar-refractivity contribution is 6.01. The third-order valence-electron chi connectivity index (χ3n) is 4.35. The van der Waals surface area contributed by atoms with E-state index in [1.165, 1.54) is 6.92 Å². The van der Waals surface area contributed by atoms with Crippen molar-refractivity contribution in [3.8, 4) is 23.4 Å². The fraction of sp³-hybridized carbons (Fsp3) is 0.316. The maximum atomic E-state index is 12.6. The zero-order valence-corrected chi connectivity index (χ0v) is 14.7.